The number of hydrogen-bond acceptors (Lipinski definition) is 7. The lowest BCUT2D eigenvalue weighted by Gasteiger charge is -2.25. The fourth-order valence-electron chi connectivity index (χ4n) is 3.10. The maximum atomic E-state index is 12.5. The van der Waals surface area contributed by atoms with Crippen LogP contribution in [0.3, 0.4) is 0 Å². The zero-order chi connectivity index (χ0) is 17.3. The van der Waals surface area contributed by atoms with Crippen LogP contribution in [-0.4, -0.2) is 37.1 Å². The average molecular weight is 329 g/mol. The van der Waals surface area contributed by atoms with Crippen LogP contribution in [0.2, 0.25) is 0 Å². The predicted molar refractivity (Wildman–Crippen MR) is 87.9 cm³/mol. The molecular formula is C17H19N3O4. The number of nitrogens with two attached hydrogens (primary N) is 1. The van der Waals surface area contributed by atoms with Crippen LogP contribution in [0.5, 0.6) is 17.2 Å². The van der Waals surface area contributed by atoms with E-state index in [4.69, 9.17) is 19.9 Å². The second-order valence-electron chi connectivity index (χ2n) is 5.57. The summed E-state index contributed by atoms with van der Waals surface area (Å²) in [4.78, 5) is 20.6. The number of Topliss-reactive ketones (excluding diaryl/α,β-unsaturated/α-hetero) is 1. The van der Waals surface area contributed by atoms with E-state index in [2.05, 4.69) is 9.97 Å². The fraction of sp³-hybridized carbons (Fsp3) is 0.353. The highest BCUT2D eigenvalue weighted by molar-refractivity contribution is 6.02. The molecule has 0 fully saturated rings. The molecule has 0 bridgehead atoms. The molecule has 0 radical (unpaired) electrons. The molecule has 2 aromatic rings. The lowest BCUT2D eigenvalue weighted by Crippen LogP contribution is -2.22. The van der Waals surface area contributed by atoms with Crippen LogP contribution in [0.15, 0.2) is 18.5 Å². The summed E-state index contributed by atoms with van der Waals surface area (Å²) < 4.78 is 16.1. The summed E-state index contributed by atoms with van der Waals surface area (Å²) in [5, 5.41) is 0. The summed E-state index contributed by atoms with van der Waals surface area (Å²) in [6, 6.07) is 3.74. The van der Waals surface area contributed by atoms with Gasteiger partial charge in [-0.2, -0.15) is 0 Å². The third kappa shape index (κ3) is 2.62. The SMILES string of the molecule is COc1cc([C@H]2CC(=O)c3c(N)ncnc3C2)cc(OC)c1OC. The number of benzene rings is 1. The van der Waals surface area contributed by atoms with E-state index in [0.717, 1.165) is 5.56 Å². The van der Waals surface area contributed by atoms with Crippen LogP contribution < -0.4 is 19.9 Å². The van der Waals surface area contributed by atoms with Gasteiger partial charge in [0.2, 0.25) is 5.75 Å². The molecule has 0 saturated heterocycles. The monoisotopic (exact) mass is 329 g/mol. The van der Waals surface area contributed by atoms with Crippen molar-refractivity contribution in [1.29, 1.82) is 0 Å². The normalized spacial score (nSPS) is 16.5. The minimum Gasteiger partial charge on any atom is -0.493 e. The second-order valence-corrected chi connectivity index (χ2v) is 5.57. The number of carbonyl (C=O) groups excluding carboxylic acids is 1. The van der Waals surface area contributed by atoms with Crippen LogP contribution in [0.1, 0.15) is 34.0 Å². The summed E-state index contributed by atoms with van der Waals surface area (Å²) in [6.45, 7) is 0. The van der Waals surface area contributed by atoms with Gasteiger partial charge < -0.3 is 19.9 Å². The van der Waals surface area contributed by atoms with Gasteiger partial charge in [0.25, 0.3) is 0 Å². The van der Waals surface area contributed by atoms with E-state index >= 15 is 0 Å². The van der Waals surface area contributed by atoms with Crippen molar-refractivity contribution in [2.24, 2.45) is 0 Å². The molecule has 1 aromatic carbocycles. The van der Waals surface area contributed by atoms with Crippen LogP contribution in [0, 0.1) is 0 Å². The Morgan fingerprint density at radius 2 is 1.71 bits per heavy atom. The van der Waals surface area contributed by atoms with Gasteiger partial charge in [-0.3, -0.25) is 4.79 Å². The molecule has 0 amide bonds. The van der Waals surface area contributed by atoms with Gasteiger partial charge in [-0.1, -0.05) is 0 Å². The third-order valence-corrected chi connectivity index (χ3v) is 4.26. The van der Waals surface area contributed by atoms with E-state index in [1.807, 2.05) is 12.1 Å². The largest absolute Gasteiger partial charge is 0.493 e. The number of ether oxygens (including phenoxy) is 3. The van der Waals surface area contributed by atoms with E-state index < -0.39 is 0 Å². The van der Waals surface area contributed by atoms with Gasteiger partial charge in [0, 0.05) is 6.42 Å². The number of anilines is 1. The second kappa shape index (κ2) is 6.35. The number of rotatable bonds is 4. The lowest BCUT2D eigenvalue weighted by atomic mass is 9.81. The number of nitrogen functional groups attached to an aromatic ring is 1. The first-order valence-corrected chi connectivity index (χ1v) is 7.51. The van der Waals surface area contributed by atoms with E-state index in [1.54, 1.807) is 21.3 Å². The maximum absolute atomic E-state index is 12.5. The Morgan fingerprint density at radius 3 is 2.29 bits per heavy atom. The van der Waals surface area contributed by atoms with Crippen molar-refractivity contribution < 1.29 is 19.0 Å². The predicted octanol–water partition coefficient (Wildman–Crippen LogP) is 2.00. The minimum atomic E-state index is -0.0481. The Bertz CT molecular complexity index is 766. The first-order valence-electron chi connectivity index (χ1n) is 7.51. The minimum absolute atomic E-state index is 0.0343. The molecule has 7 heteroatoms. The standard InChI is InChI=1S/C17H19N3O4/c1-22-13-6-10(7-14(23-2)16(13)24-3)9-4-11-15(12(21)5-9)17(18)20-8-19-11/h6-9H,4-5H2,1-3H3,(H2,18,19,20)/t9-/m1/s1. The molecule has 3 rings (SSSR count). The summed E-state index contributed by atoms with van der Waals surface area (Å²) in [5.41, 5.74) is 7.87. The molecule has 1 atom stereocenters. The number of nitrogens with zero attached hydrogens (tertiary/aromatic N) is 2. The van der Waals surface area contributed by atoms with E-state index in [-0.39, 0.29) is 17.5 Å². The Morgan fingerprint density at radius 1 is 1.04 bits per heavy atom. The quantitative estimate of drug-likeness (QED) is 0.916. The molecule has 126 valence electrons. The molecular weight excluding hydrogens is 310 g/mol. The summed E-state index contributed by atoms with van der Waals surface area (Å²) in [6.07, 6.45) is 2.33. The molecule has 0 saturated carbocycles. The zero-order valence-electron chi connectivity index (χ0n) is 13.8. The highest BCUT2D eigenvalue weighted by Crippen LogP contribution is 2.42. The van der Waals surface area contributed by atoms with Gasteiger partial charge in [0.15, 0.2) is 17.3 Å². The van der Waals surface area contributed by atoms with E-state index in [0.29, 0.717) is 41.3 Å². The van der Waals surface area contributed by atoms with Gasteiger partial charge in [-0.25, -0.2) is 9.97 Å². The Hall–Kier alpha value is -2.83. The van der Waals surface area contributed by atoms with Crippen molar-refractivity contribution in [3.63, 3.8) is 0 Å². The van der Waals surface area contributed by atoms with E-state index in [1.165, 1.54) is 6.33 Å². The van der Waals surface area contributed by atoms with Crippen molar-refractivity contribution in [2.45, 2.75) is 18.8 Å². The highest BCUT2D eigenvalue weighted by atomic mass is 16.5. The molecule has 1 heterocycles. The van der Waals surface area contributed by atoms with Gasteiger partial charge in [-0.05, 0) is 30.0 Å². The van der Waals surface area contributed by atoms with Crippen molar-refractivity contribution in [3.05, 3.63) is 35.3 Å². The summed E-state index contributed by atoms with van der Waals surface area (Å²) >= 11 is 0. The topological polar surface area (TPSA) is 96.6 Å². The van der Waals surface area contributed by atoms with Gasteiger partial charge in [0.05, 0.1) is 32.6 Å². The van der Waals surface area contributed by atoms with Crippen LogP contribution in [0.4, 0.5) is 5.82 Å². The number of ketones is 1. The van der Waals surface area contributed by atoms with Gasteiger partial charge in [0.1, 0.15) is 12.1 Å². The van der Waals surface area contributed by atoms with Crippen LogP contribution in [0.25, 0.3) is 0 Å². The van der Waals surface area contributed by atoms with Crippen molar-refractivity contribution in [3.8, 4) is 17.2 Å². The molecule has 1 aromatic heterocycles. The third-order valence-electron chi connectivity index (χ3n) is 4.26. The van der Waals surface area contributed by atoms with Crippen LogP contribution in [-0.2, 0) is 6.42 Å². The smallest absolute Gasteiger partial charge is 0.203 e. The van der Waals surface area contributed by atoms with E-state index in [9.17, 15) is 4.79 Å². The molecule has 1 aliphatic rings. The molecule has 7 nitrogen and oxygen atoms in total. The summed E-state index contributed by atoms with van der Waals surface area (Å²) in [5.74, 6) is 1.81. The first-order chi connectivity index (χ1) is 11.6. The van der Waals surface area contributed by atoms with Gasteiger partial charge in [-0.15, -0.1) is 0 Å². The number of aromatic nitrogens is 2. The molecule has 0 aliphatic heterocycles. The Labute approximate surface area is 139 Å². The van der Waals surface area contributed by atoms with Crippen molar-refractivity contribution in [1.82, 2.24) is 9.97 Å². The lowest BCUT2D eigenvalue weighted by molar-refractivity contribution is 0.0963. The number of carbonyl (C=O) groups is 1. The summed E-state index contributed by atoms with van der Waals surface area (Å²) in [7, 11) is 4.69. The number of methoxy groups -OCH3 is 3. The molecule has 0 spiro atoms. The average Bonchev–Trinajstić information content (AvgIpc) is 2.60. The molecule has 1 aliphatic carbocycles. The Balaban J connectivity index is 2.03. The molecule has 0 unspecified atom stereocenters. The number of fused-ring (bicyclic) bond motifs is 1. The Kier molecular flexibility index (Phi) is 4.24. The van der Waals surface area contributed by atoms with Gasteiger partial charge >= 0.3 is 0 Å². The maximum Gasteiger partial charge on any atom is 0.203 e. The number of hydrogen-bond donors (Lipinski definition) is 1. The van der Waals surface area contributed by atoms with Crippen molar-refractivity contribution in [2.75, 3.05) is 27.1 Å². The highest BCUT2D eigenvalue weighted by Gasteiger charge is 2.30. The van der Waals surface area contributed by atoms with Crippen LogP contribution >= 0.6 is 0 Å². The molecule has 2 N–H and O–H groups in total. The first kappa shape index (κ1) is 16.0. The zero-order valence-corrected chi connectivity index (χ0v) is 13.8. The molecule has 24 heavy (non-hydrogen) atoms. The van der Waals surface area contributed by atoms with Crippen molar-refractivity contribution >= 4 is 11.6 Å². The fourth-order valence-corrected chi connectivity index (χ4v) is 3.10.